The molecular weight excluding hydrogens is 336 g/mol. The Hall–Kier alpha value is -2.19. The summed E-state index contributed by atoms with van der Waals surface area (Å²) >= 11 is 0. The molecule has 0 bridgehead atoms. The van der Waals surface area contributed by atoms with Crippen LogP contribution in [0, 0.1) is 0 Å². The third-order valence-electron chi connectivity index (χ3n) is 3.77. The van der Waals surface area contributed by atoms with Gasteiger partial charge >= 0.3 is 13.1 Å². The van der Waals surface area contributed by atoms with Gasteiger partial charge in [0, 0.05) is 37.4 Å². The van der Waals surface area contributed by atoms with Crippen molar-refractivity contribution in [2.24, 2.45) is 0 Å². The molecule has 0 aromatic heterocycles. The molecular formula is C16H21BF3N2O3-. The Kier molecular flexibility index (Phi) is 5.34. The van der Waals surface area contributed by atoms with Crippen molar-refractivity contribution < 1.29 is 27.3 Å². The summed E-state index contributed by atoms with van der Waals surface area (Å²) in [6.45, 7) is 1.54. The smallest absolute Gasteiger partial charge is 0.445 e. The molecule has 1 saturated heterocycles. The minimum Gasteiger partial charge on any atom is -0.445 e. The van der Waals surface area contributed by atoms with Crippen LogP contribution in [0.15, 0.2) is 18.2 Å². The van der Waals surface area contributed by atoms with Crippen LogP contribution in [0.3, 0.4) is 0 Å². The average Bonchev–Trinajstić information content (AvgIpc) is 2.52. The predicted molar refractivity (Wildman–Crippen MR) is 90.6 cm³/mol. The minimum atomic E-state index is -5.19. The number of carbonyl (C=O) groups excluding carboxylic acids is 2. The number of nitrogens with zero attached hydrogens (tertiary/aromatic N) is 2. The lowest BCUT2D eigenvalue weighted by atomic mass is 9.79. The zero-order valence-corrected chi connectivity index (χ0v) is 14.5. The molecule has 9 heteroatoms. The lowest BCUT2D eigenvalue weighted by Crippen LogP contribution is -2.50. The Bertz CT molecular complexity index is 651. The Balaban J connectivity index is 2.10. The Morgan fingerprint density at radius 1 is 1.12 bits per heavy atom. The van der Waals surface area contributed by atoms with Gasteiger partial charge in [-0.1, -0.05) is 12.1 Å². The summed E-state index contributed by atoms with van der Waals surface area (Å²) in [4.78, 5) is 26.2. The molecule has 0 unspecified atom stereocenters. The zero-order chi connectivity index (χ0) is 18.8. The van der Waals surface area contributed by atoms with Gasteiger partial charge in [0.25, 0.3) is 0 Å². The van der Waals surface area contributed by atoms with E-state index in [0.29, 0.717) is 38.2 Å². The SMILES string of the molecule is CC(C)(C)OC(=O)N1CCN(c2cc(C=O)cc([B-](F)(F)F)c2)CC1. The monoisotopic (exact) mass is 357 g/mol. The lowest BCUT2D eigenvalue weighted by molar-refractivity contribution is 0.0240. The number of amides is 1. The molecule has 138 valence electrons. The topological polar surface area (TPSA) is 49.9 Å². The second-order valence-corrected chi connectivity index (χ2v) is 7.00. The number of halogens is 3. The van der Waals surface area contributed by atoms with Gasteiger partial charge in [0.1, 0.15) is 11.9 Å². The Morgan fingerprint density at radius 3 is 2.20 bits per heavy atom. The first-order valence-electron chi connectivity index (χ1n) is 8.02. The van der Waals surface area contributed by atoms with Crippen LogP contribution in [0.4, 0.5) is 23.4 Å². The fourth-order valence-electron chi connectivity index (χ4n) is 2.57. The van der Waals surface area contributed by atoms with Gasteiger partial charge in [0.05, 0.1) is 0 Å². The van der Waals surface area contributed by atoms with Crippen molar-refractivity contribution in [3.63, 3.8) is 0 Å². The predicted octanol–water partition coefficient (Wildman–Crippen LogP) is 2.61. The summed E-state index contributed by atoms with van der Waals surface area (Å²) in [5, 5.41) is 0. The third-order valence-corrected chi connectivity index (χ3v) is 3.77. The van der Waals surface area contributed by atoms with E-state index in [1.807, 2.05) is 0 Å². The van der Waals surface area contributed by atoms with Gasteiger partial charge in [-0.3, -0.25) is 4.79 Å². The van der Waals surface area contributed by atoms with Crippen molar-refractivity contribution >= 4 is 30.5 Å². The first kappa shape index (κ1) is 19.1. The number of anilines is 1. The van der Waals surface area contributed by atoms with E-state index in [9.17, 15) is 22.5 Å². The largest absolute Gasteiger partial charge is 0.509 e. The number of piperazine rings is 1. The second kappa shape index (κ2) is 6.97. The molecule has 0 spiro atoms. The number of benzene rings is 1. The summed E-state index contributed by atoms with van der Waals surface area (Å²) in [6.07, 6.45) is -0.0284. The molecule has 1 aromatic rings. The summed E-state index contributed by atoms with van der Waals surface area (Å²) in [6, 6.07) is 3.34. The van der Waals surface area contributed by atoms with Crippen LogP contribution in [0.5, 0.6) is 0 Å². The molecule has 1 aromatic carbocycles. The van der Waals surface area contributed by atoms with E-state index in [1.54, 1.807) is 25.7 Å². The van der Waals surface area contributed by atoms with E-state index in [2.05, 4.69) is 0 Å². The highest BCUT2D eigenvalue weighted by atomic mass is 19.4. The van der Waals surface area contributed by atoms with Gasteiger partial charge in [0.2, 0.25) is 0 Å². The first-order chi connectivity index (χ1) is 11.5. The van der Waals surface area contributed by atoms with Gasteiger partial charge < -0.3 is 27.5 Å². The zero-order valence-electron chi connectivity index (χ0n) is 14.5. The highest BCUT2D eigenvalue weighted by molar-refractivity contribution is 6.73. The molecule has 1 heterocycles. The molecule has 1 aliphatic rings. The number of carbonyl (C=O) groups is 2. The van der Waals surface area contributed by atoms with Crippen LogP contribution < -0.4 is 10.4 Å². The number of aldehydes is 1. The molecule has 2 rings (SSSR count). The first-order valence-corrected chi connectivity index (χ1v) is 8.02. The molecule has 1 fully saturated rings. The maximum Gasteiger partial charge on any atom is 0.509 e. The van der Waals surface area contributed by atoms with Gasteiger partial charge in [-0.2, -0.15) is 0 Å². The highest BCUT2D eigenvalue weighted by Gasteiger charge is 2.29. The second-order valence-electron chi connectivity index (χ2n) is 7.00. The Morgan fingerprint density at radius 2 is 1.72 bits per heavy atom. The molecule has 0 aliphatic carbocycles. The molecule has 1 amide bonds. The van der Waals surface area contributed by atoms with Crippen LogP contribution in [-0.4, -0.2) is 56.0 Å². The van der Waals surface area contributed by atoms with Crippen molar-refractivity contribution in [3.8, 4) is 0 Å². The molecule has 1 aliphatic heterocycles. The van der Waals surface area contributed by atoms with E-state index in [4.69, 9.17) is 4.74 Å². The van der Waals surface area contributed by atoms with E-state index in [1.165, 1.54) is 11.0 Å². The van der Waals surface area contributed by atoms with Crippen molar-refractivity contribution in [3.05, 3.63) is 23.8 Å². The maximum absolute atomic E-state index is 13.0. The van der Waals surface area contributed by atoms with Crippen molar-refractivity contribution in [2.75, 3.05) is 31.1 Å². The summed E-state index contributed by atoms with van der Waals surface area (Å²) in [5.41, 5.74) is -1.07. The van der Waals surface area contributed by atoms with E-state index in [0.717, 1.165) is 12.1 Å². The summed E-state index contributed by atoms with van der Waals surface area (Å²) in [7, 11) is 0. The van der Waals surface area contributed by atoms with Crippen LogP contribution in [0.2, 0.25) is 0 Å². The standard InChI is InChI=1S/C16H21BF3N2O3/c1-16(2,3)25-15(24)22-6-4-21(5-7-22)14-9-12(11-23)8-13(10-14)17(18,19)20/h8-11H,4-7H2,1-3H3/q-1. The van der Waals surface area contributed by atoms with Gasteiger partial charge in [-0.15, -0.1) is 5.46 Å². The van der Waals surface area contributed by atoms with Crippen molar-refractivity contribution in [1.29, 1.82) is 0 Å². The normalized spacial score (nSPS) is 15.9. The lowest BCUT2D eigenvalue weighted by Gasteiger charge is -2.37. The minimum absolute atomic E-state index is 0.0127. The maximum atomic E-state index is 13.0. The fraction of sp³-hybridized carbons (Fsp3) is 0.500. The van der Waals surface area contributed by atoms with Crippen molar-refractivity contribution in [2.45, 2.75) is 26.4 Å². The van der Waals surface area contributed by atoms with E-state index >= 15 is 0 Å². The molecule has 0 radical (unpaired) electrons. The number of ether oxygens (including phenoxy) is 1. The van der Waals surface area contributed by atoms with Crippen LogP contribution >= 0.6 is 0 Å². The van der Waals surface area contributed by atoms with Crippen molar-refractivity contribution in [1.82, 2.24) is 4.90 Å². The summed E-state index contributed by atoms with van der Waals surface area (Å²) < 4.78 is 44.4. The molecule has 5 nitrogen and oxygen atoms in total. The highest BCUT2D eigenvalue weighted by Crippen LogP contribution is 2.21. The Labute approximate surface area is 144 Å². The third kappa shape index (κ3) is 5.14. The van der Waals surface area contributed by atoms with Gasteiger partial charge in [-0.05, 0) is 26.8 Å². The molecule has 0 saturated carbocycles. The molecule has 0 atom stereocenters. The number of hydrogen-bond donors (Lipinski definition) is 0. The van der Waals surface area contributed by atoms with E-state index in [-0.39, 0.29) is 5.56 Å². The van der Waals surface area contributed by atoms with Crippen LogP contribution in [0.1, 0.15) is 31.1 Å². The van der Waals surface area contributed by atoms with Crippen LogP contribution in [0.25, 0.3) is 0 Å². The summed E-state index contributed by atoms with van der Waals surface area (Å²) in [5.74, 6) is 0. The number of hydrogen-bond acceptors (Lipinski definition) is 4. The quantitative estimate of drug-likeness (QED) is 0.617. The molecule has 25 heavy (non-hydrogen) atoms. The number of rotatable bonds is 3. The average molecular weight is 357 g/mol. The molecule has 0 N–H and O–H groups in total. The fourth-order valence-corrected chi connectivity index (χ4v) is 2.57. The van der Waals surface area contributed by atoms with Crippen LogP contribution in [-0.2, 0) is 4.74 Å². The van der Waals surface area contributed by atoms with Gasteiger partial charge in [0.15, 0.2) is 0 Å². The van der Waals surface area contributed by atoms with Gasteiger partial charge in [-0.25, -0.2) is 4.79 Å². The van der Waals surface area contributed by atoms with E-state index < -0.39 is 24.1 Å².